The van der Waals surface area contributed by atoms with E-state index in [1.165, 1.54) is 23.1 Å². The topological polar surface area (TPSA) is 77.4 Å². The van der Waals surface area contributed by atoms with Crippen molar-refractivity contribution in [1.82, 2.24) is 15.0 Å². The molecule has 0 spiro atoms. The van der Waals surface area contributed by atoms with Gasteiger partial charge in [-0.05, 0) is 48.7 Å². The molecular formula is C25H24FN5S. The highest BCUT2D eigenvalue weighted by Crippen LogP contribution is 2.29. The summed E-state index contributed by atoms with van der Waals surface area (Å²) in [4.78, 5) is 12.6. The van der Waals surface area contributed by atoms with Crippen LogP contribution in [-0.4, -0.2) is 27.2 Å². The summed E-state index contributed by atoms with van der Waals surface area (Å²) < 4.78 is 13.4. The van der Waals surface area contributed by atoms with Crippen LogP contribution in [0.15, 0.2) is 59.9 Å². The number of nitriles is 1. The SMILES string of the molecule is CCCCSc1nc(NCCc2c[nH]c3ccccc23)c(C#N)c(-c2ccc(F)cc2)n1. The van der Waals surface area contributed by atoms with Crippen molar-refractivity contribution in [1.29, 1.82) is 5.26 Å². The largest absolute Gasteiger partial charge is 0.368 e. The van der Waals surface area contributed by atoms with E-state index < -0.39 is 0 Å². The van der Waals surface area contributed by atoms with Crippen molar-refractivity contribution in [3.8, 4) is 17.3 Å². The second-order valence-electron chi connectivity index (χ2n) is 7.44. The van der Waals surface area contributed by atoms with Crippen molar-refractivity contribution in [2.24, 2.45) is 0 Å². The summed E-state index contributed by atoms with van der Waals surface area (Å²) in [6.07, 6.45) is 4.95. The van der Waals surface area contributed by atoms with E-state index in [0.29, 0.717) is 34.3 Å². The molecule has 5 nitrogen and oxygen atoms in total. The van der Waals surface area contributed by atoms with Crippen molar-refractivity contribution >= 4 is 28.5 Å². The molecule has 2 heterocycles. The Balaban J connectivity index is 1.61. The minimum atomic E-state index is -0.323. The highest BCUT2D eigenvalue weighted by atomic mass is 32.2. The van der Waals surface area contributed by atoms with Gasteiger partial charge < -0.3 is 10.3 Å². The minimum absolute atomic E-state index is 0.323. The molecule has 0 atom stereocenters. The van der Waals surface area contributed by atoms with E-state index in [2.05, 4.69) is 45.4 Å². The maximum Gasteiger partial charge on any atom is 0.190 e. The predicted octanol–water partition coefficient (Wildman–Crippen LogP) is 6.18. The zero-order chi connectivity index (χ0) is 22.3. The monoisotopic (exact) mass is 445 g/mol. The molecule has 32 heavy (non-hydrogen) atoms. The van der Waals surface area contributed by atoms with Crippen molar-refractivity contribution in [3.63, 3.8) is 0 Å². The van der Waals surface area contributed by atoms with Crippen LogP contribution >= 0.6 is 11.8 Å². The van der Waals surface area contributed by atoms with E-state index in [4.69, 9.17) is 0 Å². The molecular weight excluding hydrogens is 421 g/mol. The van der Waals surface area contributed by atoms with E-state index in [0.717, 1.165) is 30.5 Å². The first-order chi connectivity index (χ1) is 15.7. The van der Waals surface area contributed by atoms with Crippen LogP contribution in [0.3, 0.4) is 0 Å². The van der Waals surface area contributed by atoms with Crippen molar-refractivity contribution in [2.75, 3.05) is 17.6 Å². The number of halogens is 1. The lowest BCUT2D eigenvalue weighted by Crippen LogP contribution is -2.10. The van der Waals surface area contributed by atoms with Crippen LogP contribution in [-0.2, 0) is 6.42 Å². The van der Waals surface area contributed by atoms with E-state index in [-0.39, 0.29) is 5.82 Å². The van der Waals surface area contributed by atoms with Crippen LogP contribution in [0, 0.1) is 17.1 Å². The summed E-state index contributed by atoms with van der Waals surface area (Å²) in [5.74, 6) is 1.09. The van der Waals surface area contributed by atoms with Gasteiger partial charge in [0.05, 0.1) is 5.69 Å². The second-order valence-corrected chi connectivity index (χ2v) is 8.50. The normalized spacial score (nSPS) is 10.9. The zero-order valence-corrected chi connectivity index (χ0v) is 18.7. The molecule has 7 heteroatoms. The molecule has 0 saturated carbocycles. The van der Waals surface area contributed by atoms with Gasteiger partial charge in [-0.15, -0.1) is 0 Å². The number of fused-ring (bicyclic) bond motifs is 1. The number of unbranched alkanes of at least 4 members (excludes halogenated alkanes) is 1. The molecule has 0 saturated heterocycles. The van der Waals surface area contributed by atoms with Crippen molar-refractivity contribution < 1.29 is 4.39 Å². The summed E-state index contributed by atoms with van der Waals surface area (Å²) >= 11 is 1.57. The number of rotatable bonds is 9. The minimum Gasteiger partial charge on any atom is -0.368 e. The van der Waals surface area contributed by atoms with Gasteiger partial charge in [-0.2, -0.15) is 5.26 Å². The number of H-pyrrole nitrogens is 1. The zero-order valence-electron chi connectivity index (χ0n) is 17.9. The third kappa shape index (κ3) is 4.92. The summed E-state index contributed by atoms with van der Waals surface area (Å²) in [6.45, 7) is 2.76. The number of hydrogen-bond acceptors (Lipinski definition) is 5. The number of hydrogen-bond donors (Lipinski definition) is 2. The highest BCUT2D eigenvalue weighted by Gasteiger charge is 2.17. The second kappa shape index (κ2) is 10.3. The molecule has 0 unspecified atom stereocenters. The molecule has 0 bridgehead atoms. The Labute approximate surface area is 191 Å². The van der Waals surface area contributed by atoms with Crippen LogP contribution in [0.5, 0.6) is 0 Å². The van der Waals surface area contributed by atoms with Crippen LogP contribution in [0.4, 0.5) is 10.2 Å². The van der Waals surface area contributed by atoms with Crippen LogP contribution < -0.4 is 5.32 Å². The molecule has 2 aromatic carbocycles. The molecule has 0 aliphatic heterocycles. The van der Waals surface area contributed by atoms with Gasteiger partial charge in [0.2, 0.25) is 0 Å². The van der Waals surface area contributed by atoms with E-state index in [1.54, 1.807) is 23.9 Å². The van der Waals surface area contributed by atoms with E-state index in [1.807, 2.05) is 18.3 Å². The number of benzene rings is 2. The molecule has 4 aromatic rings. The highest BCUT2D eigenvalue weighted by molar-refractivity contribution is 7.99. The van der Waals surface area contributed by atoms with Crippen LogP contribution in [0.1, 0.15) is 30.9 Å². The summed E-state index contributed by atoms with van der Waals surface area (Å²) in [5.41, 5.74) is 3.90. The first-order valence-corrected chi connectivity index (χ1v) is 11.7. The van der Waals surface area contributed by atoms with Gasteiger partial charge in [-0.1, -0.05) is 43.3 Å². The Hall–Kier alpha value is -3.37. The number of nitrogens with one attached hydrogen (secondary N) is 2. The summed E-state index contributed by atoms with van der Waals surface area (Å²) in [7, 11) is 0. The average Bonchev–Trinajstić information content (AvgIpc) is 3.23. The number of para-hydroxylation sites is 1. The Kier molecular flexibility index (Phi) is 7.03. The fourth-order valence-corrected chi connectivity index (χ4v) is 4.44. The van der Waals surface area contributed by atoms with Crippen LogP contribution in [0.25, 0.3) is 22.2 Å². The fourth-order valence-electron chi connectivity index (χ4n) is 3.52. The number of aromatic amines is 1. The third-order valence-electron chi connectivity index (χ3n) is 5.21. The van der Waals surface area contributed by atoms with Gasteiger partial charge in [0.25, 0.3) is 0 Å². The fraction of sp³-hybridized carbons (Fsp3) is 0.240. The predicted molar refractivity (Wildman–Crippen MR) is 128 cm³/mol. The number of thioether (sulfide) groups is 1. The number of nitrogens with zero attached hydrogens (tertiary/aromatic N) is 3. The molecule has 2 aromatic heterocycles. The number of aromatic nitrogens is 3. The lowest BCUT2D eigenvalue weighted by Gasteiger charge is -2.13. The first kappa shape index (κ1) is 21.8. The van der Waals surface area contributed by atoms with Crippen molar-refractivity contribution in [3.05, 3.63) is 71.7 Å². The van der Waals surface area contributed by atoms with E-state index in [9.17, 15) is 9.65 Å². The number of anilines is 1. The Morgan fingerprint density at radius 3 is 2.72 bits per heavy atom. The molecule has 162 valence electrons. The summed E-state index contributed by atoms with van der Waals surface area (Å²) in [6, 6.07) is 16.5. The third-order valence-corrected chi connectivity index (χ3v) is 6.14. The molecule has 0 fully saturated rings. The first-order valence-electron chi connectivity index (χ1n) is 10.7. The van der Waals surface area contributed by atoms with Gasteiger partial charge in [0.15, 0.2) is 5.16 Å². The maximum atomic E-state index is 13.4. The Morgan fingerprint density at radius 2 is 1.94 bits per heavy atom. The molecule has 0 aliphatic carbocycles. The van der Waals surface area contributed by atoms with Gasteiger partial charge in [-0.3, -0.25) is 0 Å². The molecule has 0 aliphatic rings. The summed E-state index contributed by atoms with van der Waals surface area (Å²) in [5, 5.41) is 15.0. The smallest absolute Gasteiger partial charge is 0.190 e. The lowest BCUT2D eigenvalue weighted by molar-refractivity contribution is 0.628. The Bertz CT molecular complexity index is 1240. The molecule has 0 amide bonds. The molecule has 2 N–H and O–H groups in total. The molecule has 4 rings (SSSR count). The van der Waals surface area contributed by atoms with Crippen LogP contribution in [0.2, 0.25) is 0 Å². The van der Waals surface area contributed by atoms with Gasteiger partial charge in [-0.25, -0.2) is 14.4 Å². The molecule has 0 radical (unpaired) electrons. The van der Waals surface area contributed by atoms with Gasteiger partial charge in [0.1, 0.15) is 23.3 Å². The lowest BCUT2D eigenvalue weighted by atomic mass is 10.1. The van der Waals surface area contributed by atoms with E-state index >= 15 is 0 Å². The standard InChI is InChI=1S/C25H24FN5S/c1-2-3-14-32-25-30-23(17-8-10-19(26)11-9-17)21(15-27)24(31-25)28-13-12-18-16-29-22-7-5-4-6-20(18)22/h4-11,16,29H,2-3,12-14H2,1H3,(H,28,30,31). The maximum absolute atomic E-state index is 13.4. The quantitative estimate of drug-likeness (QED) is 0.183. The van der Waals surface area contributed by atoms with Crippen molar-refractivity contribution in [2.45, 2.75) is 31.3 Å². The van der Waals surface area contributed by atoms with Gasteiger partial charge >= 0.3 is 0 Å². The average molecular weight is 446 g/mol. The van der Waals surface area contributed by atoms with Gasteiger partial charge in [0, 0.05) is 35.0 Å². The Morgan fingerprint density at radius 1 is 1.12 bits per heavy atom.